The largest absolute Gasteiger partial charge is 0.350 e. The van der Waals surface area contributed by atoms with Crippen LogP contribution in [0.5, 0.6) is 0 Å². The molecule has 0 bridgehead atoms. The molecule has 0 aliphatic heterocycles. The van der Waals surface area contributed by atoms with Gasteiger partial charge in [-0.15, -0.1) is 0 Å². The van der Waals surface area contributed by atoms with E-state index in [1.807, 2.05) is 0 Å². The van der Waals surface area contributed by atoms with Crippen molar-refractivity contribution in [1.82, 2.24) is 5.32 Å². The summed E-state index contributed by atoms with van der Waals surface area (Å²) in [7, 11) is 0. The number of carbonyl (C=O) groups is 1. The van der Waals surface area contributed by atoms with E-state index in [1.54, 1.807) is 0 Å². The summed E-state index contributed by atoms with van der Waals surface area (Å²) < 4.78 is 0. The van der Waals surface area contributed by atoms with Crippen LogP contribution in [-0.4, -0.2) is 11.9 Å². The summed E-state index contributed by atoms with van der Waals surface area (Å²) >= 11 is 0. The molecule has 0 atom stereocenters. The van der Waals surface area contributed by atoms with E-state index in [1.165, 1.54) is 18.9 Å². The van der Waals surface area contributed by atoms with E-state index in [4.69, 9.17) is 0 Å². The van der Waals surface area contributed by atoms with E-state index in [2.05, 4.69) is 25.7 Å². The van der Waals surface area contributed by atoms with Gasteiger partial charge < -0.3 is 5.32 Å². The maximum atomic E-state index is 11.1. The van der Waals surface area contributed by atoms with Crippen LogP contribution in [0.2, 0.25) is 0 Å². The summed E-state index contributed by atoms with van der Waals surface area (Å²) in [5.41, 5.74) is 0. The zero-order chi connectivity index (χ0) is 10.6. The van der Waals surface area contributed by atoms with Crippen LogP contribution in [0.4, 0.5) is 0 Å². The average Bonchev–Trinajstić information content (AvgIpc) is 2.18. The van der Waals surface area contributed by atoms with Gasteiger partial charge >= 0.3 is 0 Å². The molecule has 80 valence electrons. The molecule has 2 heteroatoms. The second-order valence-corrected chi connectivity index (χ2v) is 4.57. The molecule has 0 aromatic heterocycles. The molecule has 0 saturated heterocycles. The Hall–Kier alpha value is -0.790. The monoisotopic (exact) mass is 195 g/mol. The molecular formula is C12H21NO. The summed E-state index contributed by atoms with van der Waals surface area (Å²) in [6.45, 7) is 8.03. The molecular weight excluding hydrogens is 174 g/mol. The minimum Gasteiger partial charge on any atom is -0.350 e. The number of hydrogen-bond acceptors (Lipinski definition) is 1. The van der Waals surface area contributed by atoms with Crippen molar-refractivity contribution in [3.05, 3.63) is 12.7 Å². The van der Waals surface area contributed by atoms with Crippen LogP contribution >= 0.6 is 0 Å². The Kier molecular flexibility index (Phi) is 4.18. The quantitative estimate of drug-likeness (QED) is 0.689. The number of nitrogens with one attached hydrogen (secondary N) is 1. The van der Waals surface area contributed by atoms with Crippen LogP contribution in [0.1, 0.15) is 39.5 Å². The van der Waals surface area contributed by atoms with Gasteiger partial charge in [0.2, 0.25) is 5.91 Å². The van der Waals surface area contributed by atoms with E-state index < -0.39 is 0 Å². The zero-order valence-corrected chi connectivity index (χ0v) is 9.25. The van der Waals surface area contributed by atoms with Gasteiger partial charge in [0, 0.05) is 6.04 Å². The summed E-state index contributed by atoms with van der Waals surface area (Å²) in [4.78, 5) is 11.1. The number of rotatable bonds is 3. The summed E-state index contributed by atoms with van der Waals surface area (Å²) in [6.07, 6.45) is 6.11. The predicted molar refractivity (Wildman–Crippen MR) is 58.9 cm³/mol. The van der Waals surface area contributed by atoms with Crippen molar-refractivity contribution in [2.24, 2.45) is 11.8 Å². The van der Waals surface area contributed by atoms with E-state index in [0.29, 0.717) is 6.04 Å². The van der Waals surface area contributed by atoms with Crippen LogP contribution in [0.15, 0.2) is 12.7 Å². The van der Waals surface area contributed by atoms with Crippen LogP contribution < -0.4 is 5.32 Å². The van der Waals surface area contributed by atoms with Crippen molar-refractivity contribution >= 4 is 5.91 Å². The lowest BCUT2D eigenvalue weighted by Crippen LogP contribution is -2.37. The lowest BCUT2D eigenvalue weighted by Gasteiger charge is -2.31. The van der Waals surface area contributed by atoms with Crippen LogP contribution in [0, 0.1) is 11.8 Å². The maximum Gasteiger partial charge on any atom is 0.243 e. The van der Waals surface area contributed by atoms with E-state index in [-0.39, 0.29) is 5.91 Å². The van der Waals surface area contributed by atoms with Gasteiger partial charge in [-0.3, -0.25) is 4.79 Å². The fourth-order valence-corrected chi connectivity index (χ4v) is 2.19. The molecule has 1 aliphatic rings. The van der Waals surface area contributed by atoms with Crippen LogP contribution in [0.3, 0.4) is 0 Å². The van der Waals surface area contributed by atoms with Crippen molar-refractivity contribution in [3.63, 3.8) is 0 Å². The molecule has 2 nitrogen and oxygen atoms in total. The van der Waals surface area contributed by atoms with E-state index in [9.17, 15) is 4.79 Å². The SMILES string of the molecule is C=CC(=O)N[C@H]1CC[C@@H](C(C)C)CC1. The van der Waals surface area contributed by atoms with Crippen molar-refractivity contribution in [2.75, 3.05) is 0 Å². The lowest BCUT2D eigenvalue weighted by atomic mass is 9.80. The first-order valence-electron chi connectivity index (χ1n) is 5.56. The minimum absolute atomic E-state index is 0.0296. The van der Waals surface area contributed by atoms with Gasteiger partial charge in [0.25, 0.3) is 0 Å². The first-order valence-corrected chi connectivity index (χ1v) is 5.56. The highest BCUT2D eigenvalue weighted by molar-refractivity contribution is 5.87. The Morgan fingerprint density at radius 3 is 2.36 bits per heavy atom. The minimum atomic E-state index is -0.0296. The standard InChI is InChI=1S/C12H21NO/c1-4-12(14)13-11-7-5-10(6-8-11)9(2)3/h4,9-11H,1,5-8H2,2-3H3,(H,13,14)/t10-,11+. The number of carbonyl (C=O) groups excluding carboxylic acids is 1. The molecule has 1 rings (SSSR count). The molecule has 0 unspecified atom stereocenters. The second-order valence-electron chi connectivity index (χ2n) is 4.57. The van der Waals surface area contributed by atoms with Gasteiger partial charge in [0.1, 0.15) is 0 Å². The van der Waals surface area contributed by atoms with Gasteiger partial charge in [-0.25, -0.2) is 0 Å². The van der Waals surface area contributed by atoms with Gasteiger partial charge in [0.05, 0.1) is 0 Å². The second kappa shape index (κ2) is 5.18. The van der Waals surface area contributed by atoms with E-state index in [0.717, 1.165) is 24.7 Å². The zero-order valence-electron chi connectivity index (χ0n) is 9.25. The molecule has 0 aromatic rings. The highest BCUT2D eigenvalue weighted by Crippen LogP contribution is 2.29. The molecule has 1 fully saturated rings. The summed E-state index contributed by atoms with van der Waals surface area (Å²) in [5.74, 6) is 1.61. The number of amides is 1. The molecule has 1 N–H and O–H groups in total. The molecule has 0 aromatic carbocycles. The molecule has 0 radical (unpaired) electrons. The molecule has 1 aliphatic carbocycles. The topological polar surface area (TPSA) is 29.1 Å². The highest BCUT2D eigenvalue weighted by Gasteiger charge is 2.23. The highest BCUT2D eigenvalue weighted by atomic mass is 16.1. The van der Waals surface area contributed by atoms with Crippen LogP contribution in [-0.2, 0) is 4.79 Å². The fourth-order valence-electron chi connectivity index (χ4n) is 2.19. The third-order valence-corrected chi connectivity index (χ3v) is 3.25. The first-order chi connectivity index (χ1) is 6.63. The molecule has 1 saturated carbocycles. The van der Waals surface area contributed by atoms with Crippen molar-refractivity contribution in [3.8, 4) is 0 Å². The van der Waals surface area contributed by atoms with Gasteiger partial charge in [-0.1, -0.05) is 20.4 Å². The van der Waals surface area contributed by atoms with Crippen molar-refractivity contribution in [1.29, 1.82) is 0 Å². The molecule has 1 amide bonds. The van der Waals surface area contributed by atoms with Gasteiger partial charge in [0.15, 0.2) is 0 Å². The van der Waals surface area contributed by atoms with Crippen LogP contribution in [0.25, 0.3) is 0 Å². The molecule has 0 heterocycles. The Labute approximate surface area is 86.8 Å². The normalized spacial score (nSPS) is 27.4. The average molecular weight is 195 g/mol. The third kappa shape index (κ3) is 3.17. The van der Waals surface area contributed by atoms with Crippen molar-refractivity contribution < 1.29 is 4.79 Å². The van der Waals surface area contributed by atoms with E-state index >= 15 is 0 Å². The Balaban J connectivity index is 2.28. The molecule has 0 spiro atoms. The Morgan fingerprint density at radius 1 is 1.36 bits per heavy atom. The third-order valence-electron chi connectivity index (χ3n) is 3.25. The fraction of sp³-hybridized carbons (Fsp3) is 0.750. The van der Waals surface area contributed by atoms with Gasteiger partial charge in [-0.2, -0.15) is 0 Å². The van der Waals surface area contributed by atoms with Crippen molar-refractivity contribution in [2.45, 2.75) is 45.6 Å². The first kappa shape index (κ1) is 11.3. The summed E-state index contributed by atoms with van der Waals surface area (Å²) in [6, 6.07) is 0.385. The lowest BCUT2D eigenvalue weighted by molar-refractivity contribution is -0.117. The maximum absolute atomic E-state index is 11.1. The summed E-state index contributed by atoms with van der Waals surface area (Å²) in [5, 5.41) is 2.97. The predicted octanol–water partition coefficient (Wildman–Crippen LogP) is 2.50. The Morgan fingerprint density at radius 2 is 1.93 bits per heavy atom. The Bertz CT molecular complexity index is 202. The number of hydrogen-bond donors (Lipinski definition) is 1. The smallest absolute Gasteiger partial charge is 0.243 e. The van der Waals surface area contributed by atoms with Gasteiger partial charge in [-0.05, 0) is 43.6 Å². The molecule has 14 heavy (non-hydrogen) atoms.